The Bertz CT molecular complexity index is 1210. The number of hydrogen-bond donors (Lipinski definition) is 1. The number of benzene rings is 2. The predicted molar refractivity (Wildman–Crippen MR) is 92.8 cm³/mol. The Hall–Kier alpha value is -2.17. The summed E-state index contributed by atoms with van der Waals surface area (Å²) in [6.07, 6.45) is 0. The van der Waals surface area contributed by atoms with Crippen molar-refractivity contribution in [3.63, 3.8) is 0 Å². The first-order valence-corrected chi connectivity index (χ1v) is 8.31. The lowest BCUT2D eigenvalue weighted by molar-refractivity contribution is 1.36. The van der Waals surface area contributed by atoms with Crippen molar-refractivity contribution in [3.05, 3.63) is 58.9 Å². The van der Waals surface area contributed by atoms with Crippen molar-refractivity contribution in [2.24, 2.45) is 0 Å². The van der Waals surface area contributed by atoms with Crippen LogP contribution in [0.3, 0.4) is 0 Å². The first-order chi connectivity index (χ1) is 10.3. The number of rotatable bonds is 0. The maximum Gasteiger partial charge on any atom is 0.266 e. The van der Waals surface area contributed by atoms with E-state index in [1.807, 2.05) is 18.2 Å². The van der Waals surface area contributed by atoms with Crippen LogP contribution in [0.2, 0.25) is 0 Å². The maximum absolute atomic E-state index is 12.4. The molecule has 3 aromatic heterocycles. The van der Waals surface area contributed by atoms with Crippen molar-refractivity contribution in [2.75, 3.05) is 0 Å². The second kappa shape index (κ2) is 3.93. The van der Waals surface area contributed by atoms with E-state index in [0.29, 0.717) is 0 Å². The van der Waals surface area contributed by atoms with Crippen LogP contribution in [-0.2, 0) is 0 Å². The highest BCUT2D eigenvalue weighted by Gasteiger charge is 2.16. The molecule has 2 nitrogen and oxygen atoms in total. The summed E-state index contributed by atoms with van der Waals surface area (Å²) < 4.78 is 4.58. The molecule has 0 aliphatic heterocycles. The molecule has 0 aliphatic rings. The van der Waals surface area contributed by atoms with Crippen LogP contribution in [0.4, 0.5) is 0 Å². The number of pyridine rings is 1. The number of para-hydroxylation sites is 1. The van der Waals surface area contributed by atoms with Crippen LogP contribution < -0.4 is 5.56 Å². The molecule has 100 valence electrons. The van der Waals surface area contributed by atoms with E-state index in [4.69, 9.17) is 0 Å². The molecular formula is C17H9NOS2. The van der Waals surface area contributed by atoms with Crippen molar-refractivity contribution >= 4 is 63.1 Å². The molecule has 0 saturated carbocycles. The number of H-pyrrole nitrogens is 1. The van der Waals surface area contributed by atoms with Gasteiger partial charge in [0.25, 0.3) is 5.56 Å². The van der Waals surface area contributed by atoms with Gasteiger partial charge in [-0.3, -0.25) is 4.79 Å². The van der Waals surface area contributed by atoms with Gasteiger partial charge in [0.1, 0.15) is 4.70 Å². The zero-order chi connectivity index (χ0) is 14.0. The zero-order valence-electron chi connectivity index (χ0n) is 10.8. The molecule has 0 saturated heterocycles. The van der Waals surface area contributed by atoms with Crippen LogP contribution in [0.15, 0.2) is 53.3 Å². The molecule has 0 atom stereocenters. The summed E-state index contributed by atoms with van der Waals surface area (Å²) >= 11 is 3.38. The van der Waals surface area contributed by atoms with Crippen LogP contribution in [-0.4, -0.2) is 4.98 Å². The Morgan fingerprint density at radius 3 is 2.43 bits per heavy atom. The standard InChI is InChI=1S/C17H9NOS2/c19-17-16-13(9-5-1-3-7-11(9)18-17)15-14(21-16)10-6-2-4-8-12(10)20-15/h1-8H,(H,18,19). The summed E-state index contributed by atoms with van der Waals surface area (Å²) in [7, 11) is 0. The molecule has 2 aromatic carbocycles. The molecule has 5 rings (SSSR count). The summed E-state index contributed by atoms with van der Waals surface area (Å²) in [4.78, 5) is 15.3. The van der Waals surface area contributed by atoms with Crippen LogP contribution >= 0.6 is 22.7 Å². The molecule has 0 spiro atoms. The maximum atomic E-state index is 12.4. The van der Waals surface area contributed by atoms with Gasteiger partial charge in [-0.1, -0.05) is 36.4 Å². The van der Waals surface area contributed by atoms with Gasteiger partial charge in [-0.2, -0.15) is 0 Å². The minimum absolute atomic E-state index is 0.0150. The van der Waals surface area contributed by atoms with Crippen molar-refractivity contribution in [1.29, 1.82) is 0 Å². The molecule has 0 unspecified atom stereocenters. The van der Waals surface area contributed by atoms with E-state index >= 15 is 0 Å². The molecule has 5 aromatic rings. The minimum atomic E-state index is 0.0150. The second-order valence-electron chi connectivity index (χ2n) is 5.06. The summed E-state index contributed by atoms with van der Waals surface area (Å²) in [5, 5.41) is 3.49. The summed E-state index contributed by atoms with van der Waals surface area (Å²) in [6.45, 7) is 0. The normalized spacial score (nSPS) is 12.0. The minimum Gasteiger partial charge on any atom is -0.321 e. The van der Waals surface area contributed by atoms with E-state index in [1.54, 1.807) is 22.7 Å². The largest absolute Gasteiger partial charge is 0.321 e. The third kappa shape index (κ3) is 1.43. The van der Waals surface area contributed by atoms with E-state index in [1.165, 1.54) is 19.5 Å². The number of aromatic amines is 1. The Balaban J connectivity index is 2.18. The molecule has 21 heavy (non-hydrogen) atoms. The Kier molecular flexibility index (Phi) is 2.15. The van der Waals surface area contributed by atoms with Crippen LogP contribution in [0.5, 0.6) is 0 Å². The van der Waals surface area contributed by atoms with E-state index in [2.05, 4.69) is 35.3 Å². The Morgan fingerprint density at radius 2 is 1.52 bits per heavy atom. The van der Waals surface area contributed by atoms with Gasteiger partial charge in [-0.15, -0.1) is 22.7 Å². The number of nitrogens with one attached hydrogen (secondary N) is 1. The number of hydrogen-bond acceptors (Lipinski definition) is 3. The van der Waals surface area contributed by atoms with Crippen molar-refractivity contribution < 1.29 is 0 Å². The Morgan fingerprint density at radius 1 is 0.762 bits per heavy atom. The van der Waals surface area contributed by atoms with E-state index in [0.717, 1.165) is 21.0 Å². The molecule has 3 heterocycles. The van der Waals surface area contributed by atoms with Crippen molar-refractivity contribution in [1.82, 2.24) is 4.98 Å². The average Bonchev–Trinajstić information content (AvgIpc) is 3.04. The molecule has 0 radical (unpaired) electrons. The van der Waals surface area contributed by atoms with Gasteiger partial charge >= 0.3 is 0 Å². The molecule has 0 fully saturated rings. The van der Waals surface area contributed by atoms with Crippen molar-refractivity contribution in [3.8, 4) is 0 Å². The highest BCUT2D eigenvalue weighted by Crippen LogP contribution is 2.44. The Labute approximate surface area is 127 Å². The van der Waals surface area contributed by atoms with E-state index in [9.17, 15) is 4.79 Å². The fraction of sp³-hybridized carbons (Fsp3) is 0. The highest BCUT2D eigenvalue weighted by atomic mass is 32.1. The topological polar surface area (TPSA) is 32.9 Å². The first kappa shape index (κ1) is 11.5. The molecular weight excluding hydrogens is 298 g/mol. The smallest absolute Gasteiger partial charge is 0.266 e. The molecule has 4 heteroatoms. The summed E-state index contributed by atoms with van der Waals surface area (Å²) in [5.41, 5.74) is 0.924. The SMILES string of the molecule is O=c1[nH]c2ccccc2c2c1sc1c3ccccc3sc12. The van der Waals surface area contributed by atoms with Crippen molar-refractivity contribution in [2.45, 2.75) is 0 Å². The third-order valence-electron chi connectivity index (χ3n) is 3.86. The van der Waals surface area contributed by atoms with Gasteiger partial charge in [0.15, 0.2) is 0 Å². The predicted octanol–water partition coefficient (Wildman–Crippen LogP) is 5.11. The zero-order valence-corrected chi connectivity index (χ0v) is 12.5. The van der Waals surface area contributed by atoms with Gasteiger partial charge < -0.3 is 4.98 Å². The number of thiophene rings is 2. The third-order valence-corrected chi connectivity index (χ3v) is 6.40. The second-order valence-corrected chi connectivity index (χ2v) is 7.14. The lowest BCUT2D eigenvalue weighted by Gasteiger charge is -1.98. The van der Waals surface area contributed by atoms with Gasteiger partial charge in [-0.25, -0.2) is 0 Å². The summed E-state index contributed by atoms with van der Waals surface area (Å²) in [5.74, 6) is 0. The number of fused-ring (bicyclic) bond motifs is 7. The van der Waals surface area contributed by atoms with Gasteiger partial charge in [-0.05, 0) is 12.1 Å². The molecule has 0 amide bonds. The monoisotopic (exact) mass is 307 g/mol. The van der Waals surface area contributed by atoms with Gasteiger partial charge in [0.05, 0.1) is 9.40 Å². The van der Waals surface area contributed by atoms with E-state index in [-0.39, 0.29) is 5.56 Å². The lowest BCUT2D eigenvalue weighted by Crippen LogP contribution is -2.03. The molecule has 1 N–H and O–H groups in total. The van der Waals surface area contributed by atoms with Crippen LogP contribution in [0.25, 0.3) is 40.5 Å². The molecule has 0 bridgehead atoms. The lowest BCUT2D eigenvalue weighted by atomic mass is 10.1. The molecule has 0 aliphatic carbocycles. The van der Waals surface area contributed by atoms with Crippen LogP contribution in [0.1, 0.15) is 0 Å². The number of aromatic nitrogens is 1. The highest BCUT2D eigenvalue weighted by molar-refractivity contribution is 7.36. The van der Waals surface area contributed by atoms with Crippen LogP contribution in [0, 0.1) is 0 Å². The average molecular weight is 307 g/mol. The fourth-order valence-corrected chi connectivity index (χ4v) is 5.62. The quantitative estimate of drug-likeness (QED) is 0.423. The summed E-state index contributed by atoms with van der Waals surface area (Å²) in [6, 6.07) is 16.4. The van der Waals surface area contributed by atoms with E-state index < -0.39 is 0 Å². The first-order valence-electron chi connectivity index (χ1n) is 6.68. The fourth-order valence-electron chi connectivity index (χ4n) is 2.94. The van der Waals surface area contributed by atoms with Gasteiger partial charge in [0.2, 0.25) is 0 Å². The van der Waals surface area contributed by atoms with Gasteiger partial charge in [0, 0.05) is 26.4 Å².